The van der Waals surface area contributed by atoms with E-state index in [1.54, 1.807) is 0 Å². The summed E-state index contributed by atoms with van der Waals surface area (Å²) in [7, 11) is 0. The van der Waals surface area contributed by atoms with Crippen LogP contribution in [0.5, 0.6) is 0 Å². The molecule has 1 aliphatic carbocycles. The summed E-state index contributed by atoms with van der Waals surface area (Å²) in [5, 5.41) is 3.01. The standard InChI is InChI=1S/C9H13NO2/c11-7-3-9(10-7)4-8(5-9)1-2-12-6-8/h1-6H2,(H,10,11). The van der Waals surface area contributed by atoms with Crippen LogP contribution in [0.1, 0.15) is 25.7 Å². The lowest BCUT2D eigenvalue weighted by Crippen LogP contribution is -2.70. The van der Waals surface area contributed by atoms with Crippen LogP contribution in [0, 0.1) is 5.41 Å². The molecule has 0 bridgehead atoms. The maximum absolute atomic E-state index is 10.8. The molecule has 0 radical (unpaired) electrons. The molecule has 1 amide bonds. The molecule has 1 N–H and O–H groups in total. The summed E-state index contributed by atoms with van der Waals surface area (Å²) in [4.78, 5) is 10.8. The van der Waals surface area contributed by atoms with Crippen molar-refractivity contribution in [2.45, 2.75) is 31.2 Å². The molecular weight excluding hydrogens is 154 g/mol. The fourth-order valence-corrected chi connectivity index (χ4v) is 3.11. The molecule has 0 aromatic heterocycles. The first-order valence-electron chi connectivity index (χ1n) is 4.61. The predicted octanol–water partition coefficient (Wildman–Crippen LogP) is 0.446. The predicted molar refractivity (Wildman–Crippen MR) is 42.6 cm³/mol. The third-order valence-electron chi connectivity index (χ3n) is 3.52. The molecule has 3 nitrogen and oxygen atoms in total. The van der Waals surface area contributed by atoms with E-state index in [1.165, 1.54) is 6.42 Å². The third-order valence-corrected chi connectivity index (χ3v) is 3.52. The lowest BCUT2D eigenvalue weighted by molar-refractivity contribution is -0.145. The van der Waals surface area contributed by atoms with Crippen LogP contribution >= 0.6 is 0 Å². The van der Waals surface area contributed by atoms with Gasteiger partial charge >= 0.3 is 0 Å². The molecule has 0 atom stereocenters. The molecule has 2 heterocycles. The van der Waals surface area contributed by atoms with Crippen molar-refractivity contribution in [3.8, 4) is 0 Å². The van der Waals surface area contributed by atoms with Gasteiger partial charge in [-0.05, 0) is 19.3 Å². The number of hydrogen-bond acceptors (Lipinski definition) is 2. The van der Waals surface area contributed by atoms with Gasteiger partial charge in [-0.25, -0.2) is 0 Å². The number of hydrogen-bond donors (Lipinski definition) is 1. The Labute approximate surface area is 71.5 Å². The lowest BCUT2D eigenvalue weighted by Gasteiger charge is -2.59. The number of nitrogens with one attached hydrogen (secondary N) is 1. The SMILES string of the molecule is O=C1CC2(CC3(CCOC3)C2)N1. The average molecular weight is 167 g/mol. The van der Waals surface area contributed by atoms with Gasteiger partial charge in [0.25, 0.3) is 0 Å². The second kappa shape index (κ2) is 1.84. The minimum Gasteiger partial charge on any atom is -0.381 e. The molecule has 12 heavy (non-hydrogen) atoms. The highest BCUT2D eigenvalue weighted by atomic mass is 16.5. The number of rotatable bonds is 0. The molecule has 66 valence electrons. The summed E-state index contributed by atoms with van der Waals surface area (Å²) >= 11 is 0. The van der Waals surface area contributed by atoms with Gasteiger partial charge in [0.1, 0.15) is 0 Å². The Morgan fingerprint density at radius 1 is 1.42 bits per heavy atom. The largest absolute Gasteiger partial charge is 0.381 e. The van der Waals surface area contributed by atoms with Crippen LogP contribution in [0.2, 0.25) is 0 Å². The summed E-state index contributed by atoms with van der Waals surface area (Å²) < 4.78 is 5.38. The van der Waals surface area contributed by atoms with Crippen molar-refractivity contribution >= 4 is 5.91 Å². The summed E-state index contributed by atoms with van der Waals surface area (Å²) in [6.07, 6.45) is 4.27. The third kappa shape index (κ3) is 0.724. The van der Waals surface area contributed by atoms with E-state index in [1.807, 2.05) is 0 Å². The van der Waals surface area contributed by atoms with Crippen LogP contribution in [-0.2, 0) is 9.53 Å². The molecule has 3 rings (SSSR count). The van der Waals surface area contributed by atoms with E-state index in [2.05, 4.69) is 5.32 Å². The van der Waals surface area contributed by atoms with Gasteiger partial charge in [0.2, 0.25) is 5.91 Å². The molecule has 1 saturated carbocycles. The Bertz CT molecular complexity index is 225. The highest BCUT2D eigenvalue weighted by Crippen LogP contribution is 2.56. The number of ether oxygens (including phenoxy) is 1. The van der Waals surface area contributed by atoms with Gasteiger partial charge in [0.05, 0.1) is 12.1 Å². The molecule has 2 aliphatic heterocycles. The molecule has 3 aliphatic rings. The highest BCUT2D eigenvalue weighted by Gasteiger charge is 2.61. The van der Waals surface area contributed by atoms with Crippen LogP contribution in [0.3, 0.4) is 0 Å². The molecule has 2 saturated heterocycles. The molecule has 3 heteroatoms. The summed E-state index contributed by atoms with van der Waals surface area (Å²) in [5.74, 6) is 0.226. The Morgan fingerprint density at radius 2 is 2.17 bits per heavy atom. The van der Waals surface area contributed by atoms with Crippen molar-refractivity contribution in [1.29, 1.82) is 0 Å². The van der Waals surface area contributed by atoms with Crippen LogP contribution in [0.25, 0.3) is 0 Å². The smallest absolute Gasteiger partial charge is 0.222 e. The van der Waals surface area contributed by atoms with Crippen molar-refractivity contribution in [2.24, 2.45) is 5.41 Å². The van der Waals surface area contributed by atoms with Crippen molar-refractivity contribution in [1.82, 2.24) is 5.32 Å². The summed E-state index contributed by atoms with van der Waals surface area (Å²) in [6.45, 7) is 1.84. The molecule has 0 aromatic rings. The normalized spacial score (nSPS) is 50.5. The quantitative estimate of drug-likeness (QED) is 0.532. The Balaban J connectivity index is 1.67. The Hall–Kier alpha value is -0.570. The van der Waals surface area contributed by atoms with Gasteiger partial charge in [-0.15, -0.1) is 0 Å². The monoisotopic (exact) mass is 167 g/mol. The maximum Gasteiger partial charge on any atom is 0.222 e. The first-order valence-corrected chi connectivity index (χ1v) is 4.61. The van der Waals surface area contributed by atoms with Crippen molar-refractivity contribution in [3.05, 3.63) is 0 Å². The highest BCUT2D eigenvalue weighted by molar-refractivity contribution is 5.85. The number of amides is 1. The van der Waals surface area contributed by atoms with Crippen LogP contribution in [0.15, 0.2) is 0 Å². The van der Waals surface area contributed by atoms with E-state index in [9.17, 15) is 4.79 Å². The van der Waals surface area contributed by atoms with E-state index in [4.69, 9.17) is 4.74 Å². The van der Waals surface area contributed by atoms with E-state index in [-0.39, 0.29) is 11.4 Å². The van der Waals surface area contributed by atoms with Gasteiger partial charge in [0, 0.05) is 18.4 Å². The van der Waals surface area contributed by atoms with Gasteiger partial charge in [-0.2, -0.15) is 0 Å². The zero-order valence-corrected chi connectivity index (χ0v) is 7.06. The second-order valence-corrected chi connectivity index (χ2v) is 4.66. The minimum absolute atomic E-state index is 0.213. The molecule has 0 unspecified atom stereocenters. The molecular formula is C9H13NO2. The molecule has 3 fully saturated rings. The van der Waals surface area contributed by atoms with Gasteiger partial charge in [-0.1, -0.05) is 0 Å². The zero-order valence-electron chi connectivity index (χ0n) is 7.06. The van der Waals surface area contributed by atoms with E-state index in [0.717, 1.165) is 32.5 Å². The van der Waals surface area contributed by atoms with Crippen molar-refractivity contribution < 1.29 is 9.53 Å². The van der Waals surface area contributed by atoms with Crippen molar-refractivity contribution in [2.75, 3.05) is 13.2 Å². The lowest BCUT2D eigenvalue weighted by atomic mass is 9.53. The fourth-order valence-electron chi connectivity index (χ4n) is 3.11. The van der Waals surface area contributed by atoms with Gasteiger partial charge in [0.15, 0.2) is 0 Å². The Kier molecular flexibility index (Phi) is 1.06. The van der Waals surface area contributed by atoms with Gasteiger partial charge < -0.3 is 10.1 Å². The van der Waals surface area contributed by atoms with Crippen LogP contribution in [-0.4, -0.2) is 24.7 Å². The summed E-state index contributed by atoms with van der Waals surface area (Å²) in [6, 6.07) is 0. The molecule has 0 aromatic carbocycles. The Morgan fingerprint density at radius 3 is 2.67 bits per heavy atom. The molecule has 2 spiro atoms. The number of carbonyl (C=O) groups excluding carboxylic acids is 1. The first-order chi connectivity index (χ1) is 5.72. The fraction of sp³-hybridized carbons (Fsp3) is 0.889. The minimum atomic E-state index is 0.213. The maximum atomic E-state index is 10.8. The van der Waals surface area contributed by atoms with Crippen LogP contribution in [0.4, 0.5) is 0 Å². The number of carbonyl (C=O) groups is 1. The van der Waals surface area contributed by atoms with E-state index in [0.29, 0.717) is 5.41 Å². The van der Waals surface area contributed by atoms with Crippen molar-refractivity contribution in [3.63, 3.8) is 0 Å². The average Bonchev–Trinajstić information content (AvgIpc) is 2.31. The zero-order chi connectivity index (χ0) is 8.23. The summed E-state index contributed by atoms with van der Waals surface area (Å²) in [5.41, 5.74) is 0.665. The van der Waals surface area contributed by atoms with Gasteiger partial charge in [-0.3, -0.25) is 4.79 Å². The number of β-lactam (4-membered cyclic amide) rings is 1. The van der Waals surface area contributed by atoms with E-state index >= 15 is 0 Å². The second-order valence-electron chi connectivity index (χ2n) is 4.66. The van der Waals surface area contributed by atoms with Crippen LogP contribution < -0.4 is 5.32 Å². The first kappa shape index (κ1) is 6.89. The topological polar surface area (TPSA) is 38.3 Å². The van der Waals surface area contributed by atoms with E-state index < -0.39 is 0 Å².